The molecular weight excluding hydrogens is 277 g/mol. The Morgan fingerprint density at radius 2 is 1.38 bits per heavy atom. The van der Waals surface area contributed by atoms with Gasteiger partial charge in [-0.2, -0.15) is 13.2 Å². The third kappa shape index (κ3) is 3.72. The molecule has 2 aromatic rings. The third-order valence-electron chi connectivity index (χ3n) is 3.23. The summed E-state index contributed by atoms with van der Waals surface area (Å²) in [6.07, 6.45) is -2.77. The van der Waals surface area contributed by atoms with Crippen LogP contribution < -0.4 is 0 Å². The van der Waals surface area contributed by atoms with Crippen LogP contribution in [-0.4, -0.2) is 12.0 Å². The lowest BCUT2D eigenvalue weighted by atomic mass is 10.0. The van der Waals surface area contributed by atoms with E-state index in [0.29, 0.717) is 0 Å². The molecule has 2 rings (SSSR count). The molecule has 21 heavy (non-hydrogen) atoms. The van der Waals surface area contributed by atoms with E-state index >= 15 is 0 Å². The number of carbonyl (C=O) groups excluding carboxylic acids is 1. The fourth-order valence-corrected chi connectivity index (χ4v) is 2.13. The Morgan fingerprint density at radius 3 is 1.81 bits per heavy atom. The van der Waals surface area contributed by atoms with Crippen LogP contribution in [0.15, 0.2) is 48.5 Å². The smallest absolute Gasteiger partial charge is 0.284 e. The van der Waals surface area contributed by atoms with Crippen LogP contribution in [0.4, 0.5) is 13.2 Å². The van der Waals surface area contributed by atoms with E-state index in [1.807, 2.05) is 24.3 Å². The normalized spacial score (nSPS) is 11.4. The molecule has 110 valence electrons. The number of aryl methyl sites for hydroxylation is 1. The van der Waals surface area contributed by atoms with Gasteiger partial charge in [0, 0.05) is 5.56 Å². The number of ketones is 1. The van der Waals surface area contributed by atoms with Crippen molar-refractivity contribution in [3.05, 3.63) is 59.7 Å². The van der Waals surface area contributed by atoms with Gasteiger partial charge in [0.05, 0.1) is 0 Å². The fourth-order valence-electron chi connectivity index (χ4n) is 2.13. The Kier molecular flexibility index (Phi) is 4.46. The topological polar surface area (TPSA) is 17.1 Å². The van der Waals surface area contributed by atoms with Crippen LogP contribution in [0.25, 0.3) is 11.1 Å². The van der Waals surface area contributed by atoms with Gasteiger partial charge in [-0.15, -0.1) is 0 Å². The van der Waals surface area contributed by atoms with Gasteiger partial charge >= 0.3 is 6.18 Å². The van der Waals surface area contributed by atoms with Crippen LogP contribution in [0.2, 0.25) is 0 Å². The van der Waals surface area contributed by atoms with Crippen LogP contribution >= 0.6 is 0 Å². The van der Waals surface area contributed by atoms with E-state index in [0.717, 1.165) is 24.0 Å². The second kappa shape index (κ2) is 6.12. The quantitative estimate of drug-likeness (QED) is 0.721. The van der Waals surface area contributed by atoms with Crippen molar-refractivity contribution in [3.63, 3.8) is 0 Å². The van der Waals surface area contributed by atoms with Crippen molar-refractivity contribution >= 4 is 5.78 Å². The number of hydrogen-bond donors (Lipinski definition) is 0. The maximum Gasteiger partial charge on any atom is 0.454 e. The monoisotopic (exact) mass is 292 g/mol. The maximum absolute atomic E-state index is 12.3. The molecule has 0 heterocycles. The van der Waals surface area contributed by atoms with Gasteiger partial charge in [0.1, 0.15) is 0 Å². The highest BCUT2D eigenvalue weighted by molar-refractivity contribution is 6.00. The van der Waals surface area contributed by atoms with Crippen LogP contribution in [-0.2, 0) is 6.42 Å². The summed E-state index contributed by atoms with van der Waals surface area (Å²) in [4.78, 5) is 11.1. The van der Waals surface area contributed by atoms with E-state index in [4.69, 9.17) is 0 Å². The Balaban J connectivity index is 2.21. The first kappa shape index (κ1) is 15.3. The molecule has 0 unspecified atom stereocenters. The van der Waals surface area contributed by atoms with Gasteiger partial charge < -0.3 is 0 Å². The zero-order valence-electron chi connectivity index (χ0n) is 11.6. The zero-order chi connectivity index (χ0) is 15.5. The average Bonchev–Trinajstić information content (AvgIpc) is 2.47. The van der Waals surface area contributed by atoms with Crippen molar-refractivity contribution in [2.45, 2.75) is 25.9 Å². The first-order valence-electron chi connectivity index (χ1n) is 6.72. The molecule has 0 bridgehead atoms. The molecule has 0 spiro atoms. The van der Waals surface area contributed by atoms with Crippen molar-refractivity contribution in [1.82, 2.24) is 0 Å². The highest BCUT2D eigenvalue weighted by Gasteiger charge is 2.39. The number of hydrogen-bond acceptors (Lipinski definition) is 1. The van der Waals surface area contributed by atoms with Gasteiger partial charge in [-0.25, -0.2) is 0 Å². The average molecular weight is 292 g/mol. The molecule has 0 radical (unpaired) electrons. The molecule has 0 aliphatic heterocycles. The lowest BCUT2D eigenvalue weighted by Crippen LogP contribution is -2.22. The molecule has 0 N–H and O–H groups in total. The third-order valence-corrected chi connectivity index (χ3v) is 3.23. The van der Waals surface area contributed by atoms with E-state index in [2.05, 4.69) is 6.92 Å². The lowest BCUT2D eigenvalue weighted by Gasteiger charge is -2.07. The summed E-state index contributed by atoms with van der Waals surface area (Å²) >= 11 is 0. The molecule has 4 heteroatoms. The molecule has 0 aromatic heterocycles. The minimum Gasteiger partial charge on any atom is -0.284 e. The number of halogens is 3. The summed E-state index contributed by atoms with van der Waals surface area (Å²) in [6, 6.07) is 13.4. The van der Waals surface area contributed by atoms with E-state index in [9.17, 15) is 18.0 Å². The summed E-state index contributed by atoms with van der Waals surface area (Å²) in [7, 11) is 0. The van der Waals surface area contributed by atoms with Crippen LogP contribution in [0.5, 0.6) is 0 Å². The lowest BCUT2D eigenvalue weighted by molar-refractivity contribution is -0.0885. The highest BCUT2D eigenvalue weighted by atomic mass is 19.4. The standard InChI is InChI=1S/C17H15F3O/c1-2-3-12-4-6-13(7-5-12)14-8-10-15(11-9-14)16(21)17(18,19)20/h4-11H,2-3H2,1H3. The van der Waals surface area contributed by atoms with Gasteiger partial charge in [-0.1, -0.05) is 61.9 Å². The second-order valence-corrected chi connectivity index (χ2v) is 4.85. The largest absolute Gasteiger partial charge is 0.454 e. The molecule has 0 fully saturated rings. The van der Waals surface area contributed by atoms with Crippen molar-refractivity contribution in [1.29, 1.82) is 0 Å². The summed E-state index contributed by atoms with van der Waals surface area (Å²) in [5.74, 6) is -1.81. The number of carbonyl (C=O) groups is 1. The minimum atomic E-state index is -4.83. The maximum atomic E-state index is 12.3. The molecule has 0 saturated heterocycles. The molecule has 0 saturated carbocycles. The summed E-state index contributed by atoms with van der Waals surface area (Å²) in [5, 5.41) is 0. The summed E-state index contributed by atoms with van der Waals surface area (Å²) in [5.41, 5.74) is 2.59. The predicted molar refractivity (Wildman–Crippen MR) is 76.3 cm³/mol. The van der Waals surface area contributed by atoms with E-state index in [-0.39, 0.29) is 5.56 Å². The number of Topliss-reactive ketones (excluding diaryl/α,β-unsaturated/α-hetero) is 1. The van der Waals surface area contributed by atoms with Crippen LogP contribution in [0.1, 0.15) is 29.3 Å². The summed E-state index contributed by atoms with van der Waals surface area (Å²) in [6.45, 7) is 2.10. The van der Waals surface area contributed by atoms with E-state index < -0.39 is 12.0 Å². The van der Waals surface area contributed by atoms with Gasteiger partial charge in [0.25, 0.3) is 5.78 Å². The van der Waals surface area contributed by atoms with Gasteiger partial charge in [0.2, 0.25) is 0 Å². The van der Waals surface area contributed by atoms with E-state index in [1.54, 1.807) is 0 Å². The molecule has 2 aromatic carbocycles. The number of alkyl halides is 3. The molecular formula is C17H15F3O. The Bertz CT molecular complexity index is 610. The molecule has 0 amide bonds. The van der Waals surface area contributed by atoms with Gasteiger partial charge in [-0.3, -0.25) is 4.79 Å². The fraction of sp³-hybridized carbons (Fsp3) is 0.235. The molecule has 0 aliphatic rings. The zero-order valence-corrected chi connectivity index (χ0v) is 11.6. The Morgan fingerprint density at radius 1 is 0.905 bits per heavy atom. The van der Waals surface area contributed by atoms with Crippen molar-refractivity contribution in [3.8, 4) is 11.1 Å². The number of benzene rings is 2. The number of rotatable bonds is 4. The summed E-state index contributed by atoms with van der Waals surface area (Å²) < 4.78 is 37.0. The van der Waals surface area contributed by atoms with Crippen LogP contribution in [0, 0.1) is 0 Å². The first-order valence-corrected chi connectivity index (χ1v) is 6.72. The Labute approximate surface area is 121 Å². The molecule has 1 nitrogen and oxygen atoms in total. The Hall–Kier alpha value is -2.10. The van der Waals surface area contributed by atoms with Crippen molar-refractivity contribution in [2.75, 3.05) is 0 Å². The van der Waals surface area contributed by atoms with E-state index in [1.165, 1.54) is 29.8 Å². The second-order valence-electron chi connectivity index (χ2n) is 4.85. The van der Waals surface area contributed by atoms with Crippen LogP contribution in [0.3, 0.4) is 0 Å². The molecule has 0 aliphatic carbocycles. The molecule has 0 atom stereocenters. The first-order chi connectivity index (χ1) is 9.91. The SMILES string of the molecule is CCCc1ccc(-c2ccc(C(=O)C(F)(F)F)cc2)cc1. The van der Waals surface area contributed by atoms with Gasteiger partial charge in [0.15, 0.2) is 0 Å². The van der Waals surface area contributed by atoms with Gasteiger partial charge in [-0.05, 0) is 23.1 Å². The van der Waals surface area contributed by atoms with Crippen molar-refractivity contribution in [2.24, 2.45) is 0 Å². The predicted octanol–water partition coefficient (Wildman–Crippen LogP) is 5.05. The highest BCUT2D eigenvalue weighted by Crippen LogP contribution is 2.25. The van der Waals surface area contributed by atoms with Crippen molar-refractivity contribution < 1.29 is 18.0 Å². The minimum absolute atomic E-state index is 0.339.